The molecule has 2 heteroatoms. The highest BCUT2D eigenvalue weighted by molar-refractivity contribution is 5.79. The van der Waals surface area contributed by atoms with Crippen LogP contribution in [0.3, 0.4) is 0 Å². The lowest BCUT2D eigenvalue weighted by Gasteiger charge is -2.18. The second-order valence-electron chi connectivity index (χ2n) is 6.18. The van der Waals surface area contributed by atoms with Crippen molar-refractivity contribution in [2.75, 3.05) is 11.1 Å². The normalized spacial score (nSPS) is 12.4. The van der Waals surface area contributed by atoms with E-state index < -0.39 is 0 Å². The number of nitrogens with one attached hydrogen (secondary N) is 1. The van der Waals surface area contributed by atoms with E-state index in [1.54, 1.807) is 0 Å². The summed E-state index contributed by atoms with van der Waals surface area (Å²) in [7, 11) is 0. The van der Waals surface area contributed by atoms with Gasteiger partial charge in [0.2, 0.25) is 0 Å². The molecule has 0 saturated heterocycles. The van der Waals surface area contributed by atoms with Gasteiger partial charge in [0, 0.05) is 23.0 Å². The fourth-order valence-corrected chi connectivity index (χ4v) is 2.45. The van der Waals surface area contributed by atoms with Gasteiger partial charge in [-0.15, -0.1) is 0 Å². The molecule has 1 atom stereocenters. The van der Waals surface area contributed by atoms with Gasteiger partial charge in [0.25, 0.3) is 0 Å². The Bertz CT molecular complexity index is 561. The number of rotatable bonds is 6. The van der Waals surface area contributed by atoms with Crippen molar-refractivity contribution < 1.29 is 0 Å². The molecule has 21 heavy (non-hydrogen) atoms. The molecule has 2 aromatic carbocycles. The molecule has 0 radical (unpaired) electrons. The SMILES string of the molecule is CC(C)CCC(C)Nc1ccc(N)c(-c2ccccc2)c1. The van der Waals surface area contributed by atoms with Gasteiger partial charge in [-0.05, 0) is 49.4 Å². The van der Waals surface area contributed by atoms with Crippen LogP contribution in [-0.2, 0) is 0 Å². The Kier molecular flexibility index (Phi) is 5.26. The Labute approximate surface area is 128 Å². The van der Waals surface area contributed by atoms with E-state index >= 15 is 0 Å². The topological polar surface area (TPSA) is 38.0 Å². The van der Waals surface area contributed by atoms with E-state index in [2.05, 4.69) is 50.4 Å². The molecule has 0 saturated carbocycles. The summed E-state index contributed by atoms with van der Waals surface area (Å²) in [5, 5.41) is 3.58. The lowest BCUT2D eigenvalue weighted by atomic mass is 10.0. The molecule has 0 heterocycles. The molecule has 0 aliphatic rings. The standard InChI is InChI=1S/C19H26N2/c1-14(2)9-10-15(3)21-17-11-12-19(20)18(13-17)16-7-5-4-6-8-16/h4-8,11-15,21H,9-10,20H2,1-3H3. The molecular formula is C19H26N2. The molecule has 0 fully saturated rings. The predicted octanol–water partition coefficient (Wildman–Crippen LogP) is 5.17. The summed E-state index contributed by atoms with van der Waals surface area (Å²) in [5.41, 5.74) is 10.3. The molecule has 0 amide bonds. The van der Waals surface area contributed by atoms with E-state index in [0.29, 0.717) is 6.04 Å². The van der Waals surface area contributed by atoms with Crippen LogP contribution in [0, 0.1) is 5.92 Å². The molecule has 2 aromatic rings. The molecule has 0 bridgehead atoms. The van der Waals surface area contributed by atoms with Crippen LogP contribution in [0.1, 0.15) is 33.6 Å². The molecule has 0 aromatic heterocycles. The van der Waals surface area contributed by atoms with Crippen LogP contribution < -0.4 is 11.1 Å². The number of hydrogen-bond donors (Lipinski definition) is 2. The highest BCUT2D eigenvalue weighted by atomic mass is 14.9. The van der Waals surface area contributed by atoms with Crippen LogP contribution in [0.2, 0.25) is 0 Å². The fourth-order valence-electron chi connectivity index (χ4n) is 2.45. The molecule has 2 rings (SSSR count). The van der Waals surface area contributed by atoms with Gasteiger partial charge in [0.15, 0.2) is 0 Å². The summed E-state index contributed by atoms with van der Waals surface area (Å²) in [6.45, 7) is 6.77. The lowest BCUT2D eigenvalue weighted by molar-refractivity contribution is 0.528. The third-order valence-electron chi connectivity index (χ3n) is 3.73. The summed E-state index contributed by atoms with van der Waals surface area (Å²) in [5.74, 6) is 0.751. The quantitative estimate of drug-likeness (QED) is 0.717. The summed E-state index contributed by atoms with van der Waals surface area (Å²) in [6.07, 6.45) is 2.43. The number of nitrogen functional groups attached to an aromatic ring is 1. The Balaban J connectivity index is 2.12. The Morgan fingerprint density at radius 2 is 1.67 bits per heavy atom. The molecular weight excluding hydrogens is 256 g/mol. The van der Waals surface area contributed by atoms with E-state index in [0.717, 1.165) is 28.4 Å². The monoisotopic (exact) mass is 282 g/mol. The van der Waals surface area contributed by atoms with Gasteiger partial charge in [0.1, 0.15) is 0 Å². The van der Waals surface area contributed by atoms with Gasteiger partial charge in [-0.2, -0.15) is 0 Å². The molecule has 1 unspecified atom stereocenters. The number of nitrogens with two attached hydrogens (primary N) is 1. The molecule has 112 valence electrons. The van der Waals surface area contributed by atoms with Gasteiger partial charge in [-0.1, -0.05) is 44.2 Å². The second-order valence-corrected chi connectivity index (χ2v) is 6.18. The Morgan fingerprint density at radius 3 is 2.33 bits per heavy atom. The minimum Gasteiger partial charge on any atom is -0.398 e. The van der Waals surface area contributed by atoms with Crippen LogP contribution in [-0.4, -0.2) is 6.04 Å². The zero-order valence-corrected chi connectivity index (χ0v) is 13.3. The molecule has 0 spiro atoms. The highest BCUT2D eigenvalue weighted by Gasteiger charge is 2.07. The summed E-state index contributed by atoms with van der Waals surface area (Å²) in [6, 6.07) is 17.0. The average molecular weight is 282 g/mol. The summed E-state index contributed by atoms with van der Waals surface area (Å²) >= 11 is 0. The highest BCUT2D eigenvalue weighted by Crippen LogP contribution is 2.29. The molecule has 0 aliphatic carbocycles. The molecule has 2 nitrogen and oxygen atoms in total. The maximum absolute atomic E-state index is 6.12. The average Bonchev–Trinajstić information content (AvgIpc) is 2.48. The maximum Gasteiger partial charge on any atom is 0.0395 e. The van der Waals surface area contributed by atoms with Crippen LogP contribution in [0.5, 0.6) is 0 Å². The number of anilines is 2. The smallest absolute Gasteiger partial charge is 0.0395 e. The maximum atomic E-state index is 6.12. The van der Waals surface area contributed by atoms with Crippen molar-refractivity contribution in [3.05, 3.63) is 48.5 Å². The zero-order valence-electron chi connectivity index (χ0n) is 13.3. The summed E-state index contributed by atoms with van der Waals surface area (Å²) in [4.78, 5) is 0. The van der Waals surface area contributed by atoms with Gasteiger partial charge in [0.05, 0.1) is 0 Å². The van der Waals surface area contributed by atoms with E-state index in [1.165, 1.54) is 12.8 Å². The van der Waals surface area contributed by atoms with E-state index in [9.17, 15) is 0 Å². The van der Waals surface area contributed by atoms with E-state index in [-0.39, 0.29) is 0 Å². The van der Waals surface area contributed by atoms with Crippen LogP contribution in [0.4, 0.5) is 11.4 Å². The first kappa shape index (κ1) is 15.4. The molecule has 3 N–H and O–H groups in total. The summed E-state index contributed by atoms with van der Waals surface area (Å²) < 4.78 is 0. The van der Waals surface area contributed by atoms with Crippen molar-refractivity contribution >= 4 is 11.4 Å². The van der Waals surface area contributed by atoms with Gasteiger partial charge in [-0.25, -0.2) is 0 Å². The lowest BCUT2D eigenvalue weighted by Crippen LogP contribution is -2.15. The van der Waals surface area contributed by atoms with Crippen LogP contribution in [0.25, 0.3) is 11.1 Å². The first-order valence-corrected chi connectivity index (χ1v) is 7.77. The first-order valence-electron chi connectivity index (χ1n) is 7.77. The third-order valence-corrected chi connectivity index (χ3v) is 3.73. The third kappa shape index (κ3) is 4.52. The number of benzene rings is 2. The van der Waals surface area contributed by atoms with Crippen molar-refractivity contribution in [1.82, 2.24) is 0 Å². The Hall–Kier alpha value is -1.96. The van der Waals surface area contributed by atoms with Crippen molar-refractivity contribution in [2.24, 2.45) is 5.92 Å². The van der Waals surface area contributed by atoms with Crippen molar-refractivity contribution in [1.29, 1.82) is 0 Å². The minimum absolute atomic E-state index is 0.472. The van der Waals surface area contributed by atoms with Gasteiger partial charge < -0.3 is 11.1 Å². The van der Waals surface area contributed by atoms with Crippen LogP contribution in [0.15, 0.2) is 48.5 Å². The van der Waals surface area contributed by atoms with Gasteiger partial charge >= 0.3 is 0 Å². The first-order chi connectivity index (χ1) is 10.1. The zero-order chi connectivity index (χ0) is 15.2. The van der Waals surface area contributed by atoms with E-state index in [4.69, 9.17) is 5.73 Å². The van der Waals surface area contributed by atoms with Crippen molar-refractivity contribution in [3.8, 4) is 11.1 Å². The fraction of sp³-hybridized carbons (Fsp3) is 0.368. The van der Waals surface area contributed by atoms with Crippen LogP contribution >= 0.6 is 0 Å². The second kappa shape index (κ2) is 7.16. The molecule has 0 aliphatic heterocycles. The Morgan fingerprint density at radius 1 is 0.952 bits per heavy atom. The predicted molar refractivity (Wildman–Crippen MR) is 93.4 cm³/mol. The van der Waals surface area contributed by atoms with Crippen molar-refractivity contribution in [2.45, 2.75) is 39.7 Å². The number of hydrogen-bond acceptors (Lipinski definition) is 2. The van der Waals surface area contributed by atoms with Gasteiger partial charge in [-0.3, -0.25) is 0 Å². The largest absolute Gasteiger partial charge is 0.398 e. The minimum atomic E-state index is 0.472. The van der Waals surface area contributed by atoms with E-state index in [1.807, 2.05) is 24.3 Å². The van der Waals surface area contributed by atoms with Crippen molar-refractivity contribution in [3.63, 3.8) is 0 Å².